The van der Waals surface area contributed by atoms with E-state index >= 15 is 0 Å². The van der Waals surface area contributed by atoms with Gasteiger partial charge in [-0.1, -0.05) is 12.1 Å². The molecule has 0 aliphatic rings. The van der Waals surface area contributed by atoms with Crippen LogP contribution in [0.25, 0.3) is 5.57 Å². The zero-order valence-electron chi connectivity index (χ0n) is 13.0. The molecule has 0 saturated carbocycles. The first-order chi connectivity index (χ1) is 9.94. The SMILES string of the molecule is CN(C)/C=C(/C=[N+](C)C)c1ccc(F)cc1.F[P-](F)(F)(F)(F)F. The molecule has 134 valence electrons. The number of nitrogens with zero attached hydrogens (tertiary/aromatic N) is 2. The number of rotatable bonds is 3. The van der Waals surface area contributed by atoms with E-state index < -0.39 is 7.81 Å². The molecule has 0 atom stereocenters. The van der Waals surface area contributed by atoms with E-state index in [0.29, 0.717) is 0 Å². The van der Waals surface area contributed by atoms with Crippen LogP contribution in [-0.2, 0) is 0 Å². The minimum absolute atomic E-state index is 0.210. The fourth-order valence-electron chi connectivity index (χ4n) is 1.38. The molecule has 0 amide bonds. The van der Waals surface area contributed by atoms with Crippen LogP contribution in [0.1, 0.15) is 5.56 Å². The summed E-state index contributed by atoms with van der Waals surface area (Å²) >= 11 is 0. The quantitative estimate of drug-likeness (QED) is 0.298. The Morgan fingerprint density at radius 1 is 0.957 bits per heavy atom. The zero-order chi connectivity index (χ0) is 18.5. The van der Waals surface area contributed by atoms with E-state index in [1.54, 1.807) is 12.1 Å². The topological polar surface area (TPSA) is 6.25 Å². The van der Waals surface area contributed by atoms with Crippen LogP contribution in [0.2, 0.25) is 0 Å². The summed E-state index contributed by atoms with van der Waals surface area (Å²) in [6.45, 7) is 0. The van der Waals surface area contributed by atoms with Crippen LogP contribution in [0.4, 0.5) is 29.6 Å². The van der Waals surface area contributed by atoms with Crippen LogP contribution in [0.15, 0.2) is 30.5 Å². The minimum atomic E-state index is -10.7. The molecule has 0 bridgehead atoms. The summed E-state index contributed by atoms with van der Waals surface area (Å²) in [5.41, 5.74) is 2.05. The number of hydrogen-bond donors (Lipinski definition) is 0. The molecular formula is C13H18F7N2P. The first kappa shape index (κ1) is 21.4. The van der Waals surface area contributed by atoms with Crippen molar-refractivity contribution in [1.29, 1.82) is 0 Å². The van der Waals surface area contributed by atoms with Gasteiger partial charge in [-0.05, 0) is 17.7 Å². The molecule has 0 unspecified atom stereocenters. The van der Waals surface area contributed by atoms with E-state index in [2.05, 4.69) is 0 Å². The molecule has 23 heavy (non-hydrogen) atoms. The van der Waals surface area contributed by atoms with Crippen molar-refractivity contribution in [3.8, 4) is 0 Å². The van der Waals surface area contributed by atoms with Crippen LogP contribution in [0.5, 0.6) is 0 Å². The second-order valence-electron chi connectivity index (χ2n) is 5.11. The molecule has 0 aromatic heterocycles. The molecular weight excluding hydrogens is 348 g/mol. The average Bonchev–Trinajstić information content (AvgIpc) is 2.23. The standard InChI is InChI=1S/C13H18FN2.F6P/c1-15(2)9-12(10-16(3)4)11-5-7-13(14)8-6-11;1-7(2,3,4,5)6/h5-10H,1-4H3;/q+1;-1. The van der Waals surface area contributed by atoms with Gasteiger partial charge in [0.2, 0.25) is 0 Å². The molecule has 0 spiro atoms. The van der Waals surface area contributed by atoms with Crippen LogP contribution in [0, 0.1) is 5.82 Å². The maximum absolute atomic E-state index is 12.8. The summed E-state index contributed by atoms with van der Waals surface area (Å²) in [5.74, 6) is -0.210. The van der Waals surface area contributed by atoms with Crippen molar-refractivity contribution in [2.24, 2.45) is 0 Å². The molecule has 0 aliphatic carbocycles. The molecule has 2 nitrogen and oxygen atoms in total. The van der Waals surface area contributed by atoms with Crippen molar-refractivity contribution in [3.05, 3.63) is 41.8 Å². The van der Waals surface area contributed by atoms with E-state index in [1.165, 1.54) is 12.1 Å². The molecule has 0 fully saturated rings. The van der Waals surface area contributed by atoms with Gasteiger partial charge in [-0.2, -0.15) is 0 Å². The normalized spacial score (nSPS) is 14.8. The van der Waals surface area contributed by atoms with Gasteiger partial charge in [-0.25, -0.2) is 8.97 Å². The first-order valence-corrected chi connectivity index (χ1v) is 8.19. The Balaban J connectivity index is 0.000000585. The van der Waals surface area contributed by atoms with E-state index in [0.717, 1.165) is 11.1 Å². The second-order valence-corrected chi connectivity index (χ2v) is 7.02. The van der Waals surface area contributed by atoms with Crippen LogP contribution >= 0.6 is 7.81 Å². The van der Waals surface area contributed by atoms with Gasteiger partial charge in [0.25, 0.3) is 0 Å². The Morgan fingerprint density at radius 2 is 1.35 bits per heavy atom. The van der Waals surface area contributed by atoms with Gasteiger partial charge in [0, 0.05) is 20.3 Å². The van der Waals surface area contributed by atoms with E-state index in [1.807, 2.05) is 50.1 Å². The molecule has 1 aromatic rings. The third-order valence-corrected chi connectivity index (χ3v) is 1.97. The summed E-state index contributed by atoms with van der Waals surface area (Å²) in [6, 6.07) is 6.51. The van der Waals surface area contributed by atoms with Gasteiger partial charge < -0.3 is 4.90 Å². The molecule has 0 radical (unpaired) electrons. The van der Waals surface area contributed by atoms with Crippen molar-refractivity contribution in [2.45, 2.75) is 0 Å². The Kier molecular flexibility index (Phi) is 6.01. The van der Waals surface area contributed by atoms with Crippen LogP contribution < -0.4 is 0 Å². The van der Waals surface area contributed by atoms with Gasteiger partial charge >= 0.3 is 33.0 Å². The van der Waals surface area contributed by atoms with Crippen molar-refractivity contribution >= 4 is 19.6 Å². The Labute approximate surface area is 129 Å². The number of hydrogen-bond acceptors (Lipinski definition) is 1. The van der Waals surface area contributed by atoms with E-state index in [-0.39, 0.29) is 5.82 Å². The fraction of sp³-hybridized carbons (Fsp3) is 0.308. The molecule has 10 heteroatoms. The van der Waals surface area contributed by atoms with Crippen LogP contribution in [0.3, 0.4) is 0 Å². The van der Waals surface area contributed by atoms with Crippen LogP contribution in [-0.4, -0.2) is 43.9 Å². The Morgan fingerprint density at radius 3 is 1.65 bits per heavy atom. The monoisotopic (exact) mass is 366 g/mol. The predicted molar refractivity (Wildman–Crippen MR) is 79.8 cm³/mol. The molecule has 1 aromatic carbocycles. The summed E-state index contributed by atoms with van der Waals surface area (Å²) in [7, 11) is -2.80. The van der Waals surface area contributed by atoms with Crippen molar-refractivity contribution < 1.29 is 34.1 Å². The van der Waals surface area contributed by atoms with Crippen molar-refractivity contribution in [1.82, 2.24) is 4.90 Å². The van der Waals surface area contributed by atoms with Gasteiger partial charge in [-0.15, -0.1) is 0 Å². The first-order valence-electron chi connectivity index (χ1n) is 6.16. The molecule has 0 N–H and O–H groups in total. The Hall–Kier alpha value is -1.63. The van der Waals surface area contributed by atoms with Gasteiger partial charge in [-0.3, -0.25) is 0 Å². The molecule has 1 rings (SSSR count). The predicted octanol–water partition coefficient (Wildman–Crippen LogP) is 5.45. The average molecular weight is 366 g/mol. The molecule has 0 heterocycles. The fourth-order valence-corrected chi connectivity index (χ4v) is 1.38. The summed E-state index contributed by atoms with van der Waals surface area (Å²) in [6.07, 6.45) is 4.01. The summed E-state index contributed by atoms with van der Waals surface area (Å²) < 4.78 is 74.0. The van der Waals surface area contributed by atoms with Gasteiger partial charge in [0.1, 0.15) is 19.9 Å². The third-order valence-electron chi connectivity index (χ3n) is 1.97. The molecule has 0 aliphatic heterocycles. The van der Waals surface area contributed by atoms with Gasteiger partial charge in [0.15, 0.2) is 6.21 Å². The maximum atomic E-state index is 12.8. The van der Waals surface area contributed by atoms with E-state index in [9.17, 15) is 29.6 Å². The summed E-state index contributed by atoms with van der Waals surface area (Å²) in [5, 5.41) is 0. The summed E-state index contributed by atoms with van der Waals surface area (Å²) in [4.78, 5) is 1.97. The number of halogens is 7. The van der Waals surface area contributed by atoms with Crippen molar-refractivity contribution in [2.75, 3.05) is 28.2 Å². The Bertz CT molecular complexity index is 571. The van der Waals surface area contributed by atoms with Crippen molar-refractivity contribution in [3.63, 3.8) is 0 Å². The number of allylic oxidation sites excluding steroid dienone is 1. The number of benzene rings is 1. The zero-order valence-corrected chi connectivity index (χ0v) is 13.8. The molecule has 0 saturated heterocycles. The van der Waals surface area contributed by atoms with Gasteiger partial charge in [0.05, 0.1) is 5.57 Å². The second kappa shape index (κ2) is 6.47. The third kappa shape index (κ3) is 16.6. The van der Waals surface area contributed by atoms with E-state index in [4.69, 9.17) is 0 Å².